The lowest BCUT2D eigenvalue weighted by Crippen LogP contribution is -2.40. The van der Waals surface area contributed by atoms with Crippen LogP contribution in [0, 0.1) is 0 Å². The van der Waals surface area contributed by atoms with Crippen molar-refractivity contribution in [2.75, 3.05) is 38.1 Å². The van der Waals surface area contributed by atoms with E-state index in [0.717, 1.165) is 68.9 Å². The van der Waals surface area contributed by atoms with Gasteiger partial charge in [-0.2, -0.15) is 0 Å². The second kappa shape index (κ2) is 7.39. The quantitative estimate of drug-likeness (QED) is 0.870. The van der Waals surface area contributed by atoms with Crippen molar-refractivity contribution in [2.45, 2.75) is 44.8 Å². The summed E-state index contributed by atoms with van der Waals surface area (Å²) in [5.41, 5.74) is 1.05. The number of carbonyl (C=O) groups is 2. The zero-order valence-corrected chi connectivity index (χ0v) is 15.1. The predicted octanol–water partition coefficient (Wildman–Crippen LogP) is 1.24. The molecule has 0 bridgehead atoms. The van der Waals surface area contributed by atoms with Crippen LogP contribution in [0.1, 0.15) is 36.3 Å². The van der Waals surface area contributed by atoms with Gasteiger partial charge in [-0.15, -0.1) is 11.3 Å². The number of rotatable bonds is 4. The molecule has 3 aliphatic heterocycles. The van der Waals surface area contributed by atoms with Gasteiger partial charge >= 0.3 is 0 Å². The molecule has 4 heterocycles. The molecule has 1 aromatic rings. The monoisotopic (exact) mass is 364 g/mol. The fraction of sp³-hybridized carbons (Fsp3) is 0.706. The van der Waals surface area contributed by atoms with Crippen molar-refractivity contribution >= 4 is 28.3 Å². The minimum atomic E-state index is -0.337. The number of hydrogen-bond donors (Lipinski definition) is 1. The van der Waals surface area contributed by atoms with Gasteiger partial charge in [0.2, 0.25) is 5.91 Å². The average Bonchev–Trinajstić information content (AvgIpc) is 3.35. The van der Waals surface area contributed by atoms with Gasteiger partial charge < -0.3 is 9.64 Å². The van der Waals surface area contributed by atoms with E-state index in [1.54, 1.807) is 0 Å². The van der Waals surface area contributed by atoms with Gasteiger partial charge in [-0.25, -0.2) is 4.98 Å². The highest BCUT2D eigenvalue weighted by atomic mass is 32.1. The molecule has 8 heteroatoms. The van der Waals surface area contributed by atoms with Crippen LogP contribution in [0.25, 0.3) is 0 Å². The van der Waals surface area contributed by atoms with Crippen LogP contribution in [-0.2, 0) is 27.3 Å². The highest BCUT2D eigenvalue weighted by Crippen LogP contribution is 2.29. The fourth-order valence-corrected chi connectivity index (χ4v) is 4.72. The summed E-state index contributed by atoms with van der Waals surface area (Å²) in [7, 11) is 0. The summed E-state index contributed by atoms with van der Waals surface area (Å²) < 4.78 is 5.41. The highest BCUT2D eigenvalue weighted by Gasteiger charge is 2.27. The number of thiazole rings is 1. The second-order valence-electron chi connectivity index (χ2n) is 6.93. The molecule has 3 aliphatic rings. The van der Waals surface area contributed by atoms with E-state index in [2.05, 4.69) is 15.2 Å². The number of nitrogens with zero attached hydrogens (tertiary/aromatic N) is 3. The molecule has 1 atom stereocenters. The molecule has 2 saturated heterocycles. The van der Waals surface area contributed by atoms with Crippen molar-refractivity contribution in [1.82, 2.24) is 14.8 Å². The van der Waals surface area contributed by atoms with Crippen LogP contribution in [0.3, 0.4) is 0 Å². The topological polar surface area (TPSA) is 74.8 Å². The summed E-state index contributed by atoms with van der Waals surface area (Å²) in [6, 6.07) is 0. The van der Waals surface area contributed by atoms with Gasteiger partial charge in [-0.05, 0) is 25.7 Å². The first-order valence-electron chi connectivity index (χ1n) is 9.10. The minimum absolute atomic E-state index is 0.0929. The second-order valence-corrected chi connectivity index (χ2v) is 8.01. The van der Waals surface area contributed by atoms with E-state index in [4.69, 9.17) is 4.74 Å². The van der Waals surface area contributed by atoms with Crippen LogP contribution >= 0.6 is 11.3 Å². The van der Waals surface area contributed by atoms with Gasteiger partial charge in [-0.1, -0.05) is 0 Å². The summed E-state index contributed by atoms with van der Waals surface area (Å²) in [6.07, 6.45) is 4.46. The van der Waals surface area contributed by atoms with E-state index in [1.165, 1.54) is 11.3 Å². The molecule has 7 nitrogen and oxygen atoms in total. The van der Waals surface area contributed by atoms with E-state index in [-0.39, 0.29) is 17.9 Å². The summed E-state index contributed by atoms with van der Waals surface area (Å²) in [5.74, 6) is 0.141. The third-order valence-corrected chi connectivity index (χ3v) is 6.08. The lowest BCUT2D eigenvalue weighted by atomic mass is 10.2. The largest absolute Gasteiger partial charge is 0.368 e. The first kappa shape index (κ1) is 16.9. The molecule has 2 amide bonds. The van der Waals surface area contributed by atoms with E-state index in [1.807, 2.05) is 4.90 Å². The number of amides is 2. The summed E-state index contributed by atoms with van der Waals surface area (Å²) in [4.78, 5) is 34.4. The van der Waals surface area contributed by atoms with Gasteiger partial charge in [0.15, 0.2) is 5.13 Å². The molecule has 2 fully saturated rings. The smallest absolute Gasteiger partial charge is 0.255 e. The van der Waals surface area contributed by atoms with Gasteiger partial charge in [0.1, 0.15) is 6.10 Å². The van der Waals surface area contributed by atoms with E-state index in [0.29, 0.717) is 18.3 Å². The van der Waals surface area contributed by atoms with Crippen LogP contribution in [-0.4, -0.2) is 65.5 Å². The van der Waals surface area contributed by atoms with Crippen molar-refractivity contribution in [1.29, 1.82) is 0 Å². The fourth-order valence-electron chi connectivity index (χ4n) is 3.66. The van der Waals surface area contributed by atoms with Gasteiger partial charge in [0, 0.05) is 44.1 Å². The van der Waals surface area contributed by atoms with Crippen LogP contribution < -0.4 is 5.32 Å². The zero-order valence-electron chi connectivity index (χ0n) is 14.3. The van der Waals surface area contributed by atoms with Gasteiger partial charge in [-0.3, -0.25) is 19.8 Å². The number of nitrogens with one attached hydrogen (secondary N) is 1. The van der Waals surface area contributed by atoms with Crippen molar-refractivity contribution in [3.8, 4) is 0 Å². The molecular formula is C17H24N4O3S. The molecule has 0 aromatic carbocycles. The molecule has 0 spiro atoms. The Hall–Kier alpha value is -1.51. The van der Waals surface area contributed by atoms with Crippen LogP contribution in [0.4, 0.5) is 5.13 Å². The van der Waals surface area contributed by atoms with E-state index >= 15 is 0 Å². The molecule has 1 unspecified atom stereocenters. The number of aromatic nitrogens is 1. The van der Waals surface area contributed by atoms with E-state index < -0.39 is 0 Å². The molecule has 0 radical (unpaired) electrons. The van der Waals surface area contributed by atoms with E-state index in [9.17, 15) is 9.59 Å². The Labute approximate surface area is 151 Å². The minimum Gasteiger partial charge on any atom is -0.368 e. The third-order valence-electron chi connectivity index (χ3n) is 5.08. The number of hydrogen-bond acceptors (Lipinski definition) is 6. The number of anilines is 1. The Morgan fingerprint density at radius 1 is 1.24 bits per heavy atom. The number of carbonyl (C=O) groups excluding carboxylic acids is 2. The predicted molar refractivity (Wildman–Crippen MR) is 94.5 cm³/mol. The Morgan fingerprint density at radius 3 is 2.84 bits per heavy atom. The number of ether oxygens (including phenoxy) is 1. The molecule has 136 valence electrons. The maximum atomic E-state index is 12.3. The normalized spacial score (nSPS) is 23.7. The summed E-state index contributed by atoms with van der Waals surface area (Å²) in [6.45, 7) is 4.52. The Bertz CT molecular complexity index is 650. The Kier molecular flexibility index (Phi) is 5.00. The molecule has 25 heavy (non-hydrogen) atoms. The molecule has 4 rings (SSSR count). The molecule has 1 N–H and O–H groups in total. The lowest BCUT2D eigenvalue weighted by molar-refractivity contribution is -0.131. The first-order chi connectivity index (χ1) is 12.2. The molecular weight excluding hydrogens is 340 g/mol. The SMILES string of the molecule is O=C(Nc1nc2c(s1)CN(CC(=O)N1CCCC1)CC2)C1CCCO1. The van der Waals surface area contributed by atoms with Crippen molar-refractivity contribution in [2.24, 2.45) is 0 Å². The zero-order chi connectivity index (χ0) is 17.2. The van der Waals surface area contributed by atoms with Gasteiger partial charge in [0.05, 0.1) is 12.2 Å². The van der Waals surface area contributed by atoms with Crippen molar-refractivity contribution in [3.05, 3.63) is 10.6 Å². The number of fused-ring (bicyclic) bond motifs is 1. The molecule has 1 aromatic heterocycles. The Morgan fingerprint density at radius 2 is 2.08 bits per heavy atom. The summed E-state index contributed by atoms with van der Waals surface area (Å²) >= 11 is 1.52. The van der Waals surface area contributed by atoms with Crippen LogP contribution in [0.15, 0.2) is 0 Å². The average molecular weight is 364 g/mol. The van der Waals surface area contributed by atoms with Crippen molar-refractivity contribution < 1.29 is 14.3 Å². The third kappa shape index (κ3) is 3.86. The van der Waals surface area contributed by atoms with Gasteiger partial charge in [0.25, 0.3) is 5.91 Å². The maximum absolute atomic E-state index is 12.3. The standard InChI is InChI=1S/C17H24N4O3S/c22-15(21-6-1-2-7-21)11-20-8-5-12-14(10-20)25-17(18-12)19-16(23)13-4-3-9-24-13/h13H,1-11H2,(H,18,19,23). The summed E-state index contributed by atoms with van der Waals surface area (Å²) in [5, 5.41) is 3.54. The van der Waals surface area contributed by atoms with Crippen molar-refractivity contribution in [3.63, 3.8) is 0 Å². The molecule has 0 saturated carbocycles. The van der Waals surface area contributed by atoms with Crippen LogP contribution in [0.5, 0.6) is 0 Å². The lowest BCUT2D eigenvalue weighted by Gasteiger charge is -2.27. The highest BCUT2D eigenvalue weighted by molar-refractivity contribution is 7.15. The van der Waals surface area contributed by atoms with Crippen LogP contribution in [0.2, 0.25) is 0 Å². The molecule has 0 aliphatic carbocycles. The Balaban J connectivity index is 1.34. The number of likely N-dealkylation sites (tertiary alicyclic amines) is 1. The maximum Gasteiger partial charge on any atom is 0.255 e. The first-order valence-corrected chi connectivity index (χ1v) is 9.92.